The number of carbonyl (C=O) groups is 1. The maximum Gasteiger partial charge on any atom is 0.243 e. The van der Waals surface area contributed by atoms with E-state index in [1.54, 1.807) is 12.1 Å². The molecule has 0 bridgehead atoms. The van der Waals surface area contributed by atoms with Gasteiger partial charge in [0, 0.05) is 18.0 Å². The van der Waals surface area contributed by atoms with Crippen molar-refractivity contribution in [3.05, 3.63) is 70.6 Å². The highest BCUT2D eigenvalue weighted by molar-refractivity contribution is 7.89. The van der Waals surface area contributed by atoms with Gasteiger partial charge in [0.05, 0.1) is 24.1 Å². The number of nitrogens with one attached hydrogen (secondary N) is 1. The van der Waals surface area contributed by atoms with Crippen molar-refractivity contribution in [1.82, 2.24) is 9.62 Å². The summed E-state index contributed by atoms with van der Waals surface area (Å²) in [5.74, 6) is -0.305. The molecule has 2 radical (unpaired) electrons. The molecule has 0 aromatic heterocycles. The van der Waals surface area contributed by atoms with Crippen LogP contribution in [0.4, 0.5) is 4.79 Å². The second-order valence-electron chi connectivity index (χ2n) is 7.97. The lowest BCUT2D eigenvalue weighted by atomic mass is 9.98. The third-order valence-corrected chi connectivity index (χ3v) is 6.79. The molecule has 2 aromatic rings. The molecule has 33 heavy (non-hydrogen) atoms. The summed E-state index contributed by atoms with van der Waals surface area (Å²) in [6, 6.07) is 13.7. The molecule has 11 heteroatoms. The fraction of sp³-hybridized carbons (Fsp3) is 0.409. The summed E-state index contributed by atoms with van der Waals surface area (Å²) in [7, 11) is 2.96. The first kappa shape index (κ1) is 26.2. The Hall–Kier alpha value is -3.01. The van der Waals surface area contributed by atoms with E-state index in [1.807, 2.05) is 44.2 Å². The highest BCUT2D eigenvalue weighted by Gasteiger charge is 2.31. The summed E-state index contributed by atoms with van der Waals surface area (Å²) in [4.78, 5) is 14.8. The van der Waals surface area contributed by atoms with Crippen molar-refractivity contribution in [3.8, 4) is 5.75 Å². The van der Waals surface area contributed by atoms with Gasteiger partial charge >= 0.3 is 0 Å². The molecule has 0 heterocycles. The Kier molecular flexibility index (Phi) is 9.78. The minimum Gasteiger partial charge on any atom is -0.497 e. The number of benzene rings is 2. The Labute approximate surface area is 196 Å². The monoisotopic (exact) mass is 469 g/mol. The van der Waals surface area contributed by atoms with E-state index in [-0.39, 0.29) is 23.9 Å². The lowest BCUT2D eigenvalue weighted by Gasteiger charge is -2.32. The van der Waals surface area contributed by atoms with Gasteiger partial charge in [-0.3, -0.25) is 4.79 Å². The molecular formula is C22H28BN5O4S. The SMILES string of the molecule is [B]C(=O)N[C@H](CN(CC(C)C)S(=O)(=O)c1ccc(OC)cc1)[C@H](Cc1ccccc1)N=[N+]=[N-]. The lowest BCUT2D eigenvalue weighted by Crippen LogP contribution is -2.52. The van der Waals surface area contributed by atoms with E-state index in [1.165, 1.54) is 23.5 Å². The Bertz CT molecular complexity index is 1060. The van der Waals surface area contributed by atoms with Crippen LogP contribution in [0, 0.1) is 5.92 Å². The standard InChI is InChI=1S/C22H28BN5O4S/c1-16(2)14-28(33(30,31)19-11-9-18(32-3)10-12-19)15-21(25-22(23)29)20(26-27-24)13-17-7-5-4-6-8-17/h4-12,16,20-21H,13-15H2,1-3H3,(H,25,29)/t20-,21+/m0/s1. The van der Waals surface area contributed by atoms with Gasteiger partial charge in [-0.2, -0.15) is 4.31 Å². The molecule has 1 N–H and O–H groups in total. The van der Waals surface area contributed by atoms with Crippen LogP contribution in [0.25, 0.3) is 10.4 Å². The molecule has 9 nitrogen and oxygen atoms in total. The molecular weight excluding hydrogens is 441 g/mol. The first-order chi connectivity index (χ1) is 15.7. The van der Waals surface area contributed by atoms with Gasteiger partial charge in [-0.25, -0.2) is 8.42 Å². The number of carbonyl (C=O) groups excluding carboxylic acids is 1. The summed E-state index contributed by atoms with van der Waals surface area (Å²) in [5, 5.41) is 6.43. The van der Waals surface area contributed by atoms with Crippen LogP contribution in [0.15, 0.2) is 64.6 Å². The maximum atomic E-state index is 13.5. The van der Waals surface area contributed by atoms with Gasteiger partial charge in [-0.05, 0) is 47.7 Å². The number of amides is 1. The Morgan fingerprint density at radius 2 is 1.79 bits per heavy atom. The van der Waals surface area contributed by atoms with E-state index in [9.17, 15) is 13.2 Å². The third-order valence-electron chi connectivity index (χ3n) is 4.95. The molecule has 0 aliphatic heterocycles. The molecule has 2 atom stereocenters. The molecule has 2 aromatic carbocycles. The van der Waals surface area contributed by atoms with Gasteiger partial charge < -0.3 is 10.1 Å². The van der Waals surface area contributed by atoms with Crippen LogP contribution in [0.3, 0.4) is 0 Å². The predicted octanol–water partition coefficient (Wildman–Crippen LogP) is 3.51. The smallest absolute Gasteiger partial charge is 0.243 e. The number of rotatable bonds is 12. The van der Waals surface area contributed by atoms with Crippen molar-refractivity contribution in [1.29, 1.82) is 0 Å². The van der Waals surface area contributed by atoms with Crippen LogP contribution in [0.2, 0.25) is 0 Å². The second kappa shape index (κ2) is 12.3. The summed E-state index contributed by atoms with van der Waals surface area (Å²) in [5.41, 5.74) is 10.0. The zero-order chi connectivity index (χ0) is 24.4. The molecule has 2 rings (SSSR count). The van der Waals surface area contributed by atoms with Crippen LogP contribution < -0.4 is 10.1 Å². The Morgan fingerprint density at radius 1 is 1.15 bits per heavy atom. The second-order valence-corrected chi connectivity index (χ2v) is 9.91. The Balaban J connectivity index is 2.42. The predicted molar refractivity (Wildman–Crippen MR) is 128 cm³/mol. The number of nitrogens with zero attached hydrogens (tertiary/aromatic N) is 4. The van der Waals surface area contributed by atoms with E-state index >= 15 is 0 Å². The fourth-order valence-electron chi connectivity index (χ4n) is 3.43. The lowest BCUT2D eigenvalue weighted by molar-refractivity contribution is 0.247. The zero-order valence-electron chi connectivity index (χ0n) is 19.0. The Morgan fingerprint density at radius 3 is 2.30 bits per heavy atom. The van der Waals surface area contributed by atoms with Gasteiger partial charge in [0.25, 0.3) is 0 Å². The summed E-state index contributed by atoms with van der Waals surface area (Å²) in [6.07, 6.45) is 0.300. The maximum absolute atomic E-state index is 13.5. The number of hydrogen-bond donors (Lipinski definition) is 1. The molecule has 0 aliphatic carbocycles. The summed E-state index contributed by atoms with van der Waals surface area (Å²) in [6.45, 7) is 3.86. The van der Waals surface area contributed by atoms with E-state index in [0.29, 0.717) is 12.2 Å². The number of sulfonamides is 1. The first-order valence-electron chi connectivity index (χ1n) is 10.5. The molecule has 0 fully saturated rings. The average molecular weight is 469 g/mol. The zero-order valence-corrected chi connectivity index (χ0v) is 19.8. The topological polar surface area (TPSA) is 124 Å². The molecule has 0 spiro atoms. The van der Waals surface area contributed by atoms with Crippen LogP contribution in [0.1, 0.15) is 19.4 Å². The minimum atomic E-state index is -3.92. The highest BCUT2D eigenvalue weighted by atomic mass is 32.2. The number of hydrogen-bond acceptors (Lipinski definition) is 5. The van der Waals surface area contributed by atoms with E-state index in [4.69, 9.17) is 18.1 Å². The molecule has 1 amide bonds. The quantitative estimate of drug-likeness (QED) is 0.221. The average Bonchev–Trinajstić information content (AvgIpc) is 2.78. The summed E-state index contributed by atoms with van der Waals surface area (Å²) < 4.78 is 33.3. The van der Waals surface area contributed by atoms with Gasteiger partial charge in [0.2, 0.25) is 17.9 Å². The molecule has 0 unspecified atom stereocenters. The molecule has 0 aliphatic rings. The normalized spacial score (nSPS) is 13.2. The van der Waals surface area contributed by atoms with Crippen molar-refractivity contribution in [2.45, 2.75) is 37.2 Å². The number of methoxy groups -OCH3 is 1. The minimum absolute atomic E-state index is 0.000655. The van der Waals surface area contributed by atoms with Crippen LogP contribution in [-0.4, -0.2) is 58.7 Å². The van der Waals surface area contributed by atoms with Crippen LogP contribution in [-0.2, 0) is 16.4 Å². The van der Waals surface area contributed by atoms with Gasteiger partial charge in [0.1, 0.15) is 5.75 Å². The number of azide groups is 1. The highest BCUT2D eigenvalue weighted by Crippen LogP contribution is 2.22. The van der Waals surface area contributed by atoms with Crippen LogP contribution in [0.5, 0.6) is 5.75 Å². The largest absolute Gasteiger partial charge is 0.497 e. The fourth-order valence-corrected chi connectivity index (χ4v) is 5.06. The molecule has 0 saturated heterocycles. The molecule has 0 saturated carbocycles. The summed E-state index contributed by atoms with van der Waals surface area (Å²) >= 11 is 0. The number of ether oxygens (including phenoxy) is 1. The van der Waals surface area contributed by atoms with Crippen molar-refractivity contribution >= 4 is 23.7 Å². The third kappa shape index (κ3) is 7.82. The van der Waals surface area contributed by atoms with Crippen molar-refractivity contribution in [2.75, 3.05) is 20.2 Å². The van der Waals surface area contributed by atoms with Crippen molar-refractivity contribution in [3.63, 3.8) is 0 Å². The van der Waals surface area contributed by atoms with Crippen molar-refractivity contribution < 1.29 is 17.9 Å². The molecule has 174 valence electrons. The van der Waals surface area contributed by atoms with E-state index in [0.717, 1.165) is 5.56 Å². The van der Waals surface area contributed by atoms with Crippen LogP contribution >= 0.6 is 0 Å². The first-order valence-corrected chi connectivity index (χ1v) is 11.9. The van der Waals surface area contributed by atoms with E-state index in [2.05, 4.69) is 15.3 Å². The van der Waals surface area contributed by atoms with Gasteiger partial charge in [-0.15, -0.1) is 0 Å². The van der Waals surface area contributed by atoms with Gasteiger partial charge in [0.15, 0.2) is 5.81 Å². The van der Waals surface area contributed by atoms with Gasteiger partial charge in [-0.1, -0.05) is 49.3 Å². The van der Waals surface area contributed by atoms with E-state index < -0.39 is 27.9 Å². The van der Waals surface area contributed by atoms with Crippen molar-refractivity contribution in [2.24, 2.45) is 11.0 Å².